The minimum Gasteiger partial charge on any atom is -0.491 e. The minimum atomic E-state index is -0.956. The van der Waals surface area contributed by atoms with Gasteiger partial charge in [-0.05, 0) is 48.7 Å². The van der Waals surface area contributed by atoms with Crippen molar-refractivity contribution in [2.24, 2.45) is 0 Å². The van der Waals surface area contributed by atoms with Crippen LogP contribution < -0.4 is 24.4 Å². The van der Waals surface area contributed by atoms with Gasteiger partial charge in [-0.25, -0.2) is 0 Å². The highest BCUT2D eigenvalue weighted by molar-refractivity contribution is 6.11. The van der Waals surface area contributed by atoms with Crippen molar-refractivity contribution in [2.45, 2.75) is 25.3 Å². The topological polar surface area (TPSA) is 86.3 Å². The molecule has 0 bridgehead atoms. The van der Waals surface area contributed by atoms with Crippen LogP contribution in [0.1, 0.15) is 40.4 Å². The summed E-state index contributed by atoms with van der Waals surface area (Å²) in [5.74, 6) is 1.68. The van der Waals surface area contributed by atoms with Gasteiger partial charge >= 0.3 is 0 Å². The van der Waals surface area contributed by atoms with Gasteiger partial charge < -0.3 is 29.2 Å². The van der Waals surface area contributed by atoms with Crippen LogP contribution in [0.4, 0.5) is 5.69 Å². The number of para-hydroxylation sites is 1. The van der Waals surface area contributed by atoms with Gasteiger partial charge in [-0.1, -0.05) is 30.3 Å². The van der Waals surface area contributed by atoms with Crippen molar-refractivity contribution in [3.8, 4) is 17.2 Å². The second-order valence-electron chi connectivity index (χ2n) is 9.31. The highest BCUT2D eigenvalue weighted by atomic mass is 16.7. The molecule has 1 N–H and O–H groups in total. The molecule has 3 aromatic carbocycles. The van der Waals surface area contributed by atoms with Crippen molar-refractivity contribution in [3.63, 3.8) is 0 Å². The first kappa shape index (κ1) is 23.4. The number of amides is 2. The van der Waals surface area contributed by atoms with Crippen LogP contribution in [0.15, 0.2) is 60.7 Å². The maximum Gasteiger partial charge on any atom is 0.251 e. The van der Waals surface area contributed by atoms with E-state index in [1.807, 2.05) is 55.5 Å². The van der Waals surface area contributed by atoms with Crippen molar-refractivity contribution in [1.82, 2.24) is 5.32 Å². The van der Waals surface area contributed by atoms with Crippen LogP contribution in [0.3, 0.4) is 0 Å². The number of hydrogen-bond donors (Lipinski definition) is 1. The van der Waals surface area contributed by atoms with E-state index in [9.17, 15) is 9.59 Å². The van der Waals surface area contributed by atoms with Crippen molar-refractivity contribution >= 4 is 17.5 Å². The third-order valence-corrected chi connectivity index (χ3v) is 7.13. The molecule has 37 heavy (non-hydrogen) atoms. The molecule has 190 valence electrons. The zero-order valence-electron chi connectivity index (χ0n) is 20.6. The van der Waals surface area contributed by atoms with Crippen LogP contribution in [0.25, 0.3) is 0 Å². The molecule has 8 nitrogen and oxygen atoms in total. The maximum atomic E-state index is 14.2. The molecule has 8 heteroatoms. The number of benzene rings is 3. The van der Waals surface area contributed by atoms with E-state index < -0.39 is 5.41 Å². The zero-order valence-corrected chi connectivity index (χ0v) is 20.6. The standard InChI is InChI=1S/C29H28N2O6/c1-2-34-12-6-11-30-27(32)20-8-5-7-19(13-20)16-31-23-10-4-3-9-21(23)29(28(31)33)17-35-24-15-26-25(14-22(24)29)36-18-37-26/h3-5,7-10,13-15H,2,6,11-12,16-18H2,1H3,(H,30,32). The first-order valence-corrected chi connectivity index (χ1v) is 12.5. The largest absolute Gasteiger partial charge is 0.491 e. The third kappa shape index (κ3) is 3.88. The fourth-order valence-electron chi connectivity index (χ4n) is 5.34. The molecule has 1 atom stereocenters. The Balaban J connectivity index is 1.27. The Morgan fingerprint density at radius 3 is 2.70 bits per heavy atom. The number of carbonyl (C=O) groups excluding carboxylic acids is 2. The Morgan fingerprint density at radius 1 is 1.00 bits per heavy atom. The molecule has 0 saturated carbocycles. The van der Waals surface area contributed by atoms with Crippen LogP contribution in [0.5, 0.6) is 17.2 Å². The SMILES string of the molecule is CCOCCCNC(=O)c1cccc(CN2C(=O)C3(COc4cc5c(cc43)OCO5)c3ccccc32)c1. The van der Waals surface area contributed by atoms with E-state index in [2.05, 4.69) is 5.32 Å². The Hall–Kier alpha value is -4.04. The highest BCUT2D eigenvalue weighted by Gasteiger charge is 2.57. The number of fused-ring (bicyclic) bond motifs is 5. The summed E-state index contributed by atoms with van der Waals surface area (Å²) in [5, 5.41) is 2.94. The first-order valence-electron chi connectivity index (χ1n) is 12.5. The molecule has 3 heterocycles. The van der Waals surface area contributed by atoms with E-state index in [4.69, 9.17) is 18.9 Å². The first-order chi connectivity index (χ1) is 18.1. The molecular weight excluding hydrogens is 472 g/mol. The Kier molecular flexibility index (Phi) is 5.96. The quantitative estimate of drug-likeness (QED) is 0.474. The molecule has 2 amide bonds. The molecule has 0 saturated heterocycles. The van der Waals surface area contributed by atoms with E-state index in [0.717, 1.165) is 28.8 Å². The number of carbonyl (C=O) groups is 2. The molecule has 0 fully saturated rings. The molecular formula is C29H28N2O6. The smallest absolute Gasteiger partial charge is 0.251 e. The zero-order chi connectivity index (χ0) is 25.4. The number of anilines is 1. The lowest BCUT2D eigenvalue weighted by Gasteiger charge is -2.23. The lowest BCUT2D eigenvalue weighted by molar-refractivity contribution is -0.122. The van der Waals surface area contributed by atoms with Gasteiger partial charge in [0.15, 0.2) is 11.5 Å². The highest BCUT2D eigenvalue weighted by Crippen LogP contribution is 2.55. The van der Waals surface area contributed by atoms with Crippen molar-refractivity contribution < 1.29 is 28.5 Å². The average molecular weight is 501 g/mol. The van der Waals surface area contributed by atoms with Crippen LogP contribution in [-0.4, -0.2) is 45.0 Å². The monoisotopic (exact) mass is 500 g/mol. The molecule has 1 unspecified atom stereocenters. The van der Waals surface area contributed by atoms with E-state index in [1.54, 1.807) is 17.0 Å². The number of ether oxygens (including phenoxy) is 4. The second kappa shape index (κ2) is 9.44. The fraction of sp³-hybridized carbons (Fsp3) is 0.310. The van der Waals surface area contributed by atoms with Crippen LogP contribution in [0.2, 0.25) is 0 Å². The summed E-state index contributed by atoms with van der Waals surface area (Å²) in [7, 11) is 0. The molecule has 3 aliphatic heterocycles. The van der Waals surface area contributed by atoms with Gasteiger partial charge in [-0.3, -0.25) is 9.59 Å². The summed E-state index contributed by atoms with van der Waals surface area (Å²) in [6, 6.07) is 18.9. The summed E-state index contributed by atoms with van der Waals surface area (Å²) in [6.07, 6.45) is 0.754. The van der Waals surface area contributed by atoms with Gasteiger partial charge in [0.05, 0.1) is 6.54 Å². The summed E-state index contributed by atoms with van der Waals surface area (Å²) in [6.45, 7) is 4.47. The molecule has 3 aliphatic rings. The Labute approximate surface area is 215 Å². The van der Waals surface area contributed by atoms with Crippen molar-refractivity contribution in [1.29, 1.82) is 0 Å². The van der Waals surface area contributed by atoms with Gasteiger partial charge in [-0.2, -0.15) is 0 Å². The summed E-state index contributed by atoms with van der Waals surface area (Å²) in [4.78, 5) is 28.7. The summed E-state index contributed by atoms with van der Waals surface area (Å²) < 4.78 is 22.5. The van der Waals surface area contributed by atoms with Gasteiger partial charge in [0, 0.05) is 42.6 Å². The van der Waals surface area contributed by atoms with Crippen LogP contribution in [-0.2, 0) is 21.5 Å². The fourth-order valence-corrected chi connectivity index (χ4v) is 5.34. The number of nitrogens with zero attached hydrogens (tertiary/aromatic N) is 1. The maximum absolute atomic E-state index is 14.2. The summed E-state index contributed by atoms with van der Waals surface area (Å²) >= 11 is 0. The van der Waals surface area contributed by atoms with Gasteiger partial charge in [0.25, 0.3) is 5.91 Å². The molecule has 1 spiro atoms. The van der Waals surface area contributed by atoms with Gasteiger partial charge in [0.2, 0.25) is 12.7 Å². The third-order valence-electron chi connectivity index (χ3n) is 7.13. The molecule has 0 aliphatic carbocycles. The molecule has 3 aromatic rings. The normalized spacial score (nSPS) is 18.6. The lowest BCUT2D eigenvalue weighted by atomic mass is 9.77. The Bertz CT molecular complexity index is 1370. The predicted molar refractivity (Wildman–Crippen MR) is 136 cm³/mol. The van der Waals surface area contributed by atoms with Gasteiger partial charge in [0.1, 0.15) is 17.8 Å². The second-order valence-corrected chi connectivity index (χ2v) is 9.31. The molecule has 0 radical (unpaired) electrons. The van der Waals surface area contributed by atoms with Crippen LogP contribution >= 0.6 is 0 Å². The minimum absolute atomic E-state index is 0.0582. The van der Waals surface area contributed by atoms with E-state index in [0.29, 0.717) is 49.1 Å². The van der Waals surface area contributed by atoms with Crippen molar-refractivity contribution in [2.75, 3.05) is 38.1 Å². The average Bonchev–Trinajstić information content (AvgIpc) is 3.60. The Morgan fingerprint density at radius 2 is 1.84 bits per heavy atom. The van der Waals surface area contributed by atoms with E-state index in [-0.39, 0.29) is 25.2 Å². The predicted octanol–water partition coefficient (Wildman–Crippen LogP) is 3.80. The van der Waals surface area contributed by atoms with Crippen molar-refractivity contribution in [3.05, 3.63) is 82.9 Å². The summed E-state index contributed by atoms with van der Waals surface area (Å²) in [5.41, 5.74) is 3.01. The number of hydrogen-bond acceptors (Lipinski definition) is 6. The van der Waals surface area contributed by atoms with Gasteiger partial charge in [-0.15, -0.1) is 0 Å². The lowest BCUT2D eigenvalue weighted by Crippen LogP contribution is -2.42. The van der Waals surface area contributed by atoms with E-state index >= 15 is 0 Å². The number of rotatable bonds is 8. The van der Waals surface area contributed by atoms with Crippen LogP contribution in [0, 0.1) is 0 Å². The number of nitrogens with one attached hydrogen (secondary N) is 1. The molecule has 6 rings (SSSR count). The molecule has 0 aromatic heterocycles. The van der Waals surface area contributed by atoms with E-state index in [1.165, 1.54) is 0 Å².